The lowest BCUT2D eigenvalue weighted by Crippen LogP contribution is -2.17. The first-order valence-electron chi connectivity index (χ1n) is 5.93. The third-order valence-corrected chi connectivity index (χ3v) is 3.03. The molecular formula is C13H14F3NO. The van der Waals surface area contributed by atoms with E-state index in [-0.39, 0.29) is 0 Å². The Balaban J connectivity index is 2.15. The van der Waals surface area contributed by atoms with Gasteiger partial charge in [0.2, 0.25) is 0 Å². The van der Waals surface area contributed by atoms with E-state index in [1.165, 1.54) is 0 Å². The van der Waals surface area contributed by atoms with Gasteiger partial charge in [0.15, 0.2) is 5.78 Å². The minimum atomic E-state index is -4.28. The van der Waals surface area contributed by atoms with Crippen molar-refractivity contribution in [3.8, 4) is 0 Å². The Kier molecular flexibility index (Phi) is 3.59. The molecule has 0 radical (unpaired) electrons. The molecule has 98 valence electrons. The van der Waals surface area contributed by atoms with Crippen LogP contribution in [0.4, 0.5) is 18.9 Å². The Morgan fingerprint density at radius 2 is 2.11 bits per heavy atom. The molecule has 2 rings (SSSR count). The van der Waals surface area contributed by atoms with E-state index < -0.39 is 24.8 Å². The molecule has 1 N–H and O–H groups in total. The molecule has 1 aliphatic heterocycles. The fraction of sp³-hybridized carbons (Fsp3) is 0.462. The van der Waals surface area contributed by atoms with Crippen molar-refractivity contribution in [2.75, 3.05) is 11.9 Å². The van der Waals surface area contributed by atoms with Crippen molar-refractivity contribution in [1.29, 1.82) is 0 Å². The topological polar surface area (TPSA) is 29.1 Å². The van der Waals surface area contributed by atoms with Gasteiger partial charge in [-0.15, -0.1) is 0 Å². The first-order valence-corrected chi connectivity index (χ1v) is 5.93. The van der Waals surface area contributed by atoms with Gasteiger partial charge >= 0.3 is 6.18 Å². The second-order valence-electron chi connectivity index (χ2n) is 4.40. The third kappa shape index (κ3) is 3.03. The van der Waals surface area contributed by atoms with Gasteiger partial charge in [-0.3, -0.25) is 4.79 Å². The Morgan fingerprint density at radius 3 is 2.83 bits per heavy atom. The van der Waals surface area contributed by atoms with Crippen LogP contribution in [0.25, 0.3) is 0 Å². The maximum Gasteiger partial charge on any atom is 0.389 e. The Bertz CT molecular complexity index is 454. The number of benzene rings is 1. The van der Waals surface area contributed by atoms with Gasteiger partial charge in [-0.25, -0.2) is 0 Å². The minimum Gasteiger partial charge on any atom is -0.385 e. The number of ketones is 1. The number of Topliss-reactive ketones (excluding diaryl/α,β-unsaturated/α-hetero) is 1. The Hall–Kier alpha value is -1.52. The highest BCUT2D eigenvalue weighted by atomic mass is 19.4. The van der Waals surface area contributed by atoms with Crippen LogP contribution in [0.1, 0.15) is 35.2 Å². The van der Waals surface area contributed by atoms with E-state index in [4.69, 9.17) is 0 Å². The number of alkyl halides is 3. The molecule has 2 nitrogen and oxygen atoms in total. The van der Waals surface area contributed by atoms with Crippen LogP contribution in [0.5, 0.6) is 0 Å². The van der Waals surface area contributed by atoms with Crippen LogP contribution in [0.3, 0.4) is 0 Å². The van der Waals surface area contributed by atoms with Crippen molar-refractivity contribution in [2.45, 2.75) is 31.9 Å². The Morgan fingerprint density at radius 1 is 1.33 bits per heavy atom. The zero-order valence-corrected chi connectivity index (χ0v) is 9.81. The quantitative estimate of drug-likeness (QED) is 0.839. The van der Waals surface area contributed by atoms with E-state index in [0.29, 0.717) is 5.56 Å². The lowest BCUT2D eigenvalue weighted by atomic mass is 9.93. The zero-order chi connectivity index (χ0) is 13.2. The zero-order valence-electron chi connectivity index (χ0n) is 9.81. The van der Waals surface area contributed by atoms with Crippen molar-refractivity contribution >= 4 is 11.5 Å². The number of fused-ring (bicyclic) bond motifs is 1. The smallest absolute Gasteiger partial charge is 0.385 e. The fourth-order valence-electron chi connectivity index (χ4n) is 2.16. The molecule has 0 aromatic heterocycles. The molecule has 0 atom stereocenters. The molecule has 0 saturated heterocycles. The average molecular weight is 257 g/mol. The van der Waals surface area contributed by atoms with Crippen LogP contribution in [-0.4, -0.2) is 18.5 Å². The van der Waals surface area contributed by atoms with Gasteiger partial charge in [-0.1, -0.05) is 12.1 Å². The first-order chi connectivity index (χ1) is 8.47. The second kappa shape index (κ2) is 5.00. The van der Waals surface area contributed by atoms with Crippen molar-refractivity contribution in [2.24, 2.45) is 0 Å². The average Bonchev–Trinajstić information content (AvgIpc) is 2.34. The van der Waals surface area contributed by atoms with E-state index in [1.807, 2.05) is 6.07 Å². The molecule has 18 heavy (non-hydrogen) atoms. The SMILES string of the molecule is O=C(CCC(F)(F)F)c1cccc2c1CCCN2. The lowest BCUT2D eigenvalue weighted by Gasteiger charge is -2.20. The van der Waals surface area contributed by atoms with Crippen LogP contribution in [0, 0.1) is 0 Å². The summed E-state index contributed by atoms with van der Waals surface area (Å²) in [6, 6.07) is 5.18. The number of hydrogen-bond acceptors (Lipinski definition) is 2. The highest BCUT2D eigenvalue weighted by Crippen LogP contribution is 2.28. The number of hydrogen-bond donors (Lipinski definition) is 1. The third-order valence-electron chi connectivity index (χ3n) is 3.03. The highest BCUT2D eigenvalue weighted by molar-refractivity contribution is 5.99. The molecule has 1 aromatic carbocycles. The van der Waals surface area contributed by atoms with Gasteiger partial charge in [0.05, 0.1) is 6.42 Å². The van der Waals surface area contributed by atoms with Gasteiger partial charge < -0.3 is 5.32 Å². The normalized spacial score (nSPS) is 14.8. The monoisotopic (exact) mass is 257 g/mol. The number of anilines is 1. The number of nitrogens with one attached hydrogen (secondary N) is 1. The molecule has 0 spiro atoms. The van der Waals surface area contributed by atoms with Gasteiger partial charge in [0.1, 0.15) is 0 Å². The van der Waals surface area contributed by atoms with Crippen molar-refractivity contribution in [3.63, 3.8) is 0 Å². The van der Waals surface area contributed by atoms with Crippen LogP contribution < -0.4 is 5.32 Å². The summed E-state index contributed by atoms with van der Waals surface area (Å²) in [7, 11) is 0. The number of carbonyl (C=O) groups is 1. The maximum absolute atomic E-state index is 12.1. The number of rotatable bonds is 3. The molecule has 0 aliphatic carbocycles. The standard InChI is InChI=1S/C13H14F3NO/c14-13(15,16)7-6-12(18)10-3-1-5-11-9(10)4-2-8-17-11/h1,3,5,17H,2,4,6-8H2. The summed E-state index contributed by atoms with van der Waals surface area (Å²) in [5.74, 6) is -0.423. The predicted octanol–water partition coefficient (Wildman–Crippen LogP) is 3.57. The van der Waals surface area contributed by atoms with Crippen molar-refractivity contribution in [1.82, 2.24) is 0 Å². The summed E-state index contributed by atoms with van der Waals surface area (Å²) in [6.07, 6.45) is -4.15. The summed E-state index contributed by atoms with van der Waals surface area (Å²) in [4.78, 5) is 11.8. The lowest BCUT2D eigenvalue weighted by molar-refractivity contribution is -0.133. The molecule has 0 amide bonds. The van der Waals surface area contributed by atoms with Crippen LogP contribution in [-0.2, 0) is 6.42 Å². The van der Waals surface area contributed by atoms with Crippen molar-refractivity contribution < 1.29 is 18.0 Å². The van der Waals surface area contributed by atoms with Crippen molar-refractivity contribution in [3.05, 3.63) is 29.3 Å². The summed E-state index contributed by atoms with van der Waals surface area (Å²) < 4.78 is 36.3. The molecule has 0 saturated carbocycles. The van der Waals surface area contributed by atoms with E-state index >= 15 is 0 Å². The fourth-order valence-corrected chi connectivity index (χ4v) is 2.16. The maximum atomic E-state index is 12.1. The molecule has 0 bridgehead atoms. The Labute approximate surface area is 103 Å². The van der Waals surface area contributed by atoms with E-state index in [9.17, 15) is 18.0 Å². The summed E-state index contributed by atoms with van der Waals surface area (Å²) in [5, 5.41) is 3.16. The highest BCUT2D eigenvalue weighted by Gasteiger charge is 2.29. The molecule has 0 fully saturated rings. The molecular weight excluding hydrogens is 243 g/mol. The van der Waals surface area contributed by atoms with Crippen LogP contribution in [0.15, 0.2) is 18.2 Å². The summed E-state index contributed by atoms with van der Waals surface area (Å²) in [6.45, 7) is 0.840. The van der Waals surface area contributed by atoms with E-state index in [1.54, 1.807) is 12.1 Å². The predicted molar refractivity (Wildman–Crippen MR) is 62.9 cm³/mol. The number of halogens is 3. The second-order valence-corrected chi connectivity index (χ2v) is 4.40. The van der Waals surface area contributed by atoms with Gasteiger partial charge in [-0.05, 0) is 24.5 Å². The molecule has 5 heteroatoms. The number of carbonyl (C=O) groups excluding carboxylic acids is 1. The largest absolute Gasteiger partial charge is 0.389 e. The van der Waals surface area contributed by atoms with Crippen LogP contribution in [0.2, 0.25) is 0 Å². The van der Waals surface area contributed by atoms with E-state index in [2.05, 4.69) is 5.32 Å². The minimum absolute atomic E-state index is 0.423. The summed E-state index contributed by atoms with van der Waals surface area (Å²) >= 11 is 0. The van der Waals surface area contributed by atoms with Crippen LogP contribution >= 0.6 is 0 Å². The molecule has 1 aromatic rings. The summed E-state index contributed by atoms with van der Waals surface area (Å²) in [5.41, 5.74) is 2.17. The molecule has 0 unspecified atom stereocenters. The van der Waals surface area contributed by atoms with E-state index in [0.717, 1.165) is 30.6 Å². The van der Waals surface area contributed by atoms with Gasteiger partial charge in [0.25, 0.3) is 0 Å². The first kappa shape index (κ1) is 12.9. The van der Waals surface area contributed by atoms with Gasteiger partial charge in [-0.2, -0.15) is 13.2 Å². The van der Waals surface area contributed by atoms with Gasteiger partial charge in [0, 0.05) is 24.2 Å². The molecule has 1 aliphatic rings. The molecule has 1 heterocycles.